The lowest BCUT2D eigenvalue weighted by molar-refractivity contribution is 0.0605. The molecule has 0 spiro atoms. The molecule has 0 aliphatic rings. The lowest BCUT2D eigenvalue weighted by Crippen LogP contribution is -1.98. The maximum atomic E-state index is 11.4. The molecule has 0 aliphatic heterocycles. The van der Waals surface area contributed by atoms with Crippen LogP contribution in [-0.4, -0.2) is 13.1 Å². The Kier molecular flexibility index (Phi) is 3.00. The molecule has 2 aromatic rings. The molecule has 0 atom stereocenters. The topological polar surface area (TPSA) is 26.3 Å². The molecule has 0 unspecified atom stereocenters. The van der Waals surface area contributed by atoms with E-state index in [2.05, 4.69) is 20.7 Å². The standard InChI is InChI=1S/C10H6BrClO2S/c1-14-10(13)9-8(11)7-5(12)3-2-4-6(7)15-9/h2-4H,1H3. The van der Waals surface area contributed by atoms with Crippen LogP contribution in [0.15, 0.2) is 22.7 Å². The van der Waals surface area contributed by atoms with Crippen LogP contribution in [0, 0.1) is 0 Å². The third-order valence-electron chi connectivity index (χ3n) is 1.98. The smallest absolute Gasteiger partial charge is 0.349 e. The molecule has 0 saturated carbocycles. The molecule has 0 radical (unpaired) electrons. The largest absolute Gasteiger partial charge is 0.465 e. The lowest BCUT2D eigenvalue weighted by Gasteiger charge is -1.95. The van der Waals surface area contributed by atoms with Gasteiger partial charge in [0, 0.05) is 10.1 Å². The molecular weight excluding hydrogens is 300 g/mol. The van der Waals surface area contributed by atoms with Crippen molar-refractivity contribution in [1.82, 2.24) is 0 Å². The van der Waals surface area contributed by atoms with Gasteiger partial charge in [0.05, 0.1) is 16.6 Å². The Labute approximate surface area is 104 Å². The van der Waals surface area contributed by atoms with E-state index < -0.39 is 0 Å². The Bertz CT molecular complexity index is 535. The molecule has 0 amide bonds. The number of rotatable bonds is 1. The van der Waals surface area contributed by atoms with Crippen molar-refractivity contribution in [2.75, 3.05) is 7.11 Å². The van der Waals surface area contributed by atoms with Crippen molar-refractivity contribution in [3.8, 4) is 0 Å². The fourth-order valence-corrected chi connectivity index (χ4v) is 3.74. The van der Waals surface area contributed by atoms with Gasteiger partial charge in [0.1, 0.15) is 4.88 Å². The fourth-order valence-electron chi connectivity index (χ4n) is 1.29. The molecule has 1 heterocycles. The quantitative estimate of drug-likeness (QED) is 0.741. The van der Waals surface area contributed by atoms with Crippen LogP contribution < -0.4 is 0 Å². The Balaban J connectivity index is 2.75. The third-order valence-corrected chi connectivity index (χ3v) is 4.48. The maximum absolute atomic E-state index is 11.4. The summed E-state index contributed by atoms with van der Waals surface area (Å²) in [7, 11) is 1.36. The minimum atomic E-state index is -0.348. The molecule has 0 N–H and O–H groups in total. The predicted molar refractivity (Wildman–Crippen MR) is 65.9 cm³/mol. The highest BCUT2D eigenvalue weighted by Crippen LogP contribution is 2.39. The van der Waals surface area contributed by atoms with E-state index in [-0.39, 0.29) is 5.97 Å². The molecule has 0 fully saturated rings. The fraction of sp³-hybridized carbons (Fsp3) is 0.100. The number of fused-ring (bicyclic) bond motifs is 1. The summed E-state index contributed by atoms with van der Waals surface area (Å²) in [5, 5.41) is 1.50. The second-order valence-corrected chi connectivity index (χ2v) is 5.10. The zero-order valence-electron chi connectivity index (χ0n) is 7.71. The van der Waals surface area contributed by atoms with Gasteiger partial charge < -0.3 is 4.74 Å². The van der Waals surface area contributed by atoms with Gasteiger partial charge in [0.15, 0.2) is 0 Å². The number of hydrogen-bond donors (Lipinski definition) is 0. The summed E-state index contributed by atoms with van der Waals surface area (Å²) in [5.74, 6) is -0.348. The van der Waals surface area contributed by atoms with Crippen molar-refractivity contribution in [1.29, 1.82) is 0 Å². The van der Waals surface area contributed by atoms with Gasteiger partial charge in [-0.15, -0.1) is 11.3 Å². The van der Waals surface area contributed by atoms with E-state index in [0.717, 1.165) is 10.1 Å². The second kappa shape index (κ2) is 4.12. The summed E-state index contributed by atoms with van der Waals surface area (Å²) in [6.07, 6.45) is 0. The van der Waals surface area contributed by atoms with E-state index in [4.69, 9.17) is 11.6 Å². The summed E-state index contributed by atoms with van der Waals surface area (Å²) in [6, 6.07) is 5.57. The van der Waals surface area contributed by atoms with Crippen LogP contribution in [0.2, 0.25) is 5.02 Å². The highest BCUT2D eigenvalue weighted by atomic mass is 79.9. The van der Waals surface area contributed by atoms with Gasteiger partial charge >= 0.3 is 5.97 Å². The van der Waals surface area contributed by atoms with Gasteiger partial charge in [-0.25, -0.2) is 4.79 Å². The Morgan fingerprint density at radius 3 is 2.87 bits per heavy atom. The van der Waals surface area contributed by atoms with Crippen molar-refractivity contribution >= 4 is 54.9 Å². The Morgan fingerprint density at radius 1 is 1.53 bits per heavy atom. The van der Waals surface area contributed by atoms with Crippen LogP contribution >= 0.6 is 38.9 Å². The molecule has 78 valence electrons. The Hall–Kier alpha value is -0.580. The molecule has 1 aromatic heterocycles. The molecular formula is C10H6BrClO2S. The highest BCUT2D eigenvalue weighted by Gasteiger charge is 2.18. The molecule has 0 bridgehead atoms. The van der Waals surface area contributed by atoms with E-state index >= 15 is 0 Å². The lowest BCUT2D eigenvalue weighted by atomic mass is 10.2. The predicted octanol–water partition coefficient (Wildman–Crippen LogP) is 4.10. The minimum Gasteiger partial charge on any atom is -0.465 e. The van der Waals surface area contributed by atoms with Gasteiger partial charge in [-0.3, -0.25) is 0 Å². The number of carbonyl (C=O) groups excluding carboxylic acids is 1. The zero-order chi connectivity index (χ0) is 11.0. The summed E-state index contributed by atoms with van der Waals surface area (Å²) in [6.45, 7) is 0. The van der Waals surface area contributed by atoms with Crippen LogP contribution in [-0.2, 0) is 4.74 Å². The average Bonchev–Trinajstić information content (AvgIpc) is 2.56. The van der Waals surface area contributed by atoms with Gasteiger partial charge in [-0.05, 0) is 28.1 Å². The van der Waals surface area contributed by atoms with E-state index in [1.54, 1.807) is 6.07 Å². The number of thiophene rings is 1. The van der Waals surface area contributed by atoms with Gasteiger partial charge in [0.25, 0.3) is 0 Å². The summed E-state index contributed by atoms with van der Waals surface area (Å²) in [5.41, 5.74) is 0. The number of hydrogen-bond acceptors (Lipinski definition) is 3. The maximum Gasteiger partial charge on any atom is 0.349 e. The first-order valence-electron chi connectivity index (χ1n) is 4.10. The van der Waals surface area contributed by atoms with E-state index in [0.29, 0.717) is 14.4 Å². The molecule has 1 aromatic carbocycles. The summed E-state index contributed by atoms with van der Waals surface area (Å²) in [4.78, 5) is 12.0. The third kappa shape index (κ3) is 1.77. The van der Waals surface area contributed by atoms with Crippen molar-refractivity contribution in [2.45, 2.75) is 0 Å². The van der Waals surface area contributed by atoms with Crippen molar-refractivity contribution < 1.29 is 9.53 Å². The van der Waals surface area contributed by atoms with Crippen LogP contribution in [0.5, 0.6) is 0 Å². The highest BCUT2D eigenvalue weighted by molar-refractivity contribution is 9.10. The number of halogens is 2. The molecule has 2 nitrogen and oxygen atoms in total. The Morgan fingerprint density at radius 2 is 2.27 bits per heavy atom. The van der Waals surface area contributed by atoms with Crippen LogP contribution in [0.3, 0.4) is 0 Å². The molecule has 15 heavy (non-hydrogen) atoms. The first-order valence-corrected chi connectivity index (χ1v) is 6.08. The number of esters is 1. The van der Waals surface area contributed by atoms with E-state index in [1.165, 1.54) is 18.4 Å². The van der Waals surface area contributed by atoms with Crippen LogP contribution in [0.1, 0.15) is 9.67 Å². The van der Waals surface area contributed by atoms with Crippen molar-refractivity contribution in [2.24, 2.45) is 0 Å². The van der Waals surface area contributed by atoms with Crippen LogP contribution in [0.4, 0.5) is 0 Å². The van der Waals surface area contributed by atoms with Crippen LogP contribution in [0.25, 0.3) is 10.1 Å². The SMILES string of the molecule is COC(=O)c1sc2cccc(Cl)c2c1Br. The number of benzene rings is 1. The zero-order valence-corrected chi connectivity index (χ0v) is 10.9. The number of methoxy groups -OCH3 is 1. The number of carbonyl (C=O) groups is 1. The first-order chi connectivity index (χ1) is 7.15. The number of ether oxygens (including phenoxy) is 1. The van der Waals surface area contributed by atoms with Crippen molar-refractivity contribution in [3.05, 3.63) is 32.6 Å². The van der Waals surface area contributed by atoms with E-state index in [1.807, 2.05) is 12.1 Å². The normalized spacial score (nSPS) is 10.6. The monoisotopic (exact) mass is 304 g/mol. The first kappa shape index (κ1) is 10.9. The summed E-state index contributed by atoms with van der Waals surface area (Å²) >= 11 is 10.8. The molecule has 0 saturated heterocycles. The van der Waals surface area contributed by atoms with Gasteiger partial charge in [0.2, 0.25) is 0 Å². The van der Waals surface area contributed by atoms with Gasteiger partial charge in [-0.1, -0.05) is 17.7 Å². The molecule has 2 rings (SSSR count). The minimum absolute atomic E-state index is 0.348. The molecule has 5 heteroatoms. The summed E-state index contributed by atoms with van der Waals surface area (Å²) < 4.78 is 6.36. The second-order valence-electron chi connectivity index (χ2n) is 2.85. The molecule has 0 aliphatic carbocycles. The van der Waals surface area contributed by atoms with E-state index in [9.17, 15) is 4.79 Å². The van der Waals surface area contributed by atoms with Crippen molar-refractivity contribution in [3.63, 3.8) is 0 Å². The van der Waals surface area contributed by atoms with Gasteiger partial charge in [-0.2, -0.15) is 0 Å². The average molecular weight is 306 g/mol.